The Morgan fingerprint density at radius 2 is 1.39 bits per heavy atom. The molecule has 1 nitrogen and oxygen atoms in total. The number of fused-ring (bicyclic) bond motifs is 2. The molecule has 110 valence electrons. The summed E-state index contributed by atoms with van der Waals surface area (Å²) in [6.45, 7) is 2.23. The van der Waals surface area contributed by atoms with E-state index in [1.807, 2.05) is 6.07 Å². The summed E-state index contributed by atoms with van der Waals surface area (Å²) in [5.74, 6) is 0. The van der Waals surface area contributed by atoms with Gasteiger partial charge >= 0.3 is 0 Å². The Balaban J connectivity index is 2.27. The smallest absolute Gasteiger partial charge is 0.0394 e. The highest BCUT2D eigenvalue weighted by atomic mass is 14.5. The van der Waals surface area contributed by atoms with Crippen molar-refractivity contribution in [1.29, 1.82) is 0 Å². The number of benzene rings is 5. The summed E-state index contributed by atoms with van der Waals surface area (Å²) in [6, 6.07) is 21.9. The van der Waals surface area contributed by atoms with E-state index in [0.717, 1.165) is 17.5 Å². The summed E-state index contributed by atoms with van der Waals surface area (Å²) in [5.41, 5.74) is 8.53. The molecule has 0 amide bonds. The number of nitrogens with two attached hydrogens (primary N) is 1. The lowest BCUT2D eigenvalue weighted by Gasteiger charge is -2.17. The Morgan fingerprint density at radius 3 is 2.26 bits per heavy atom. The topological polar surface area (TPSA) is 26.0 Å². The van der Waals surface area contributed by atoms with Gasteiger partial charge in [0.05, 0.1) is 0 Å². The van der Waals surface area contributed by atoms with Gasteiger partial charge in [-0.1, -0.05) is 61.5 Å². The van der Waals surface area contributed by atoms with Crippen molar-refractivity contribution in [1.82, 2.24) is 0 Å². The molecule has 5 aromatic rings. The van der Waals surface area contributed by atoms with Crippen LogP contribution in [0.5, 0.6) is 0 Å². The average molecular weight is 295 g/mol. The second kappa shape index (κ2) is 4.36. The van der Waals surface area contributed by atoms with Crippen molar-refractivity contribution >= 4 is 48.8 Å². The molecule has 2 N–H and O–H groups in total. The van der Waals surface area contributed by atoms with Crippen LogP contribution in [0.2, 0.25) is 0 Å². The van der Waals surface area contributed by atoms with Crippen molar-refractivity contribution in [2.45, 2.75) is 13.3 Å². The van der Waals surface area contributed by atoms with Crippen LogP contribution in [-0.4, -0.2) is 0 Å². The molecule has 0 spiro atoms. The second-order valence-corrected chi connectivity index (χ2v) is 6.29. The molecule has 0 heterocycles. The van der Waals surface area contributed by atoms with Gasteiger partial charge in [-0.3, -0.25) is 0 Å². The van der Waals surface area contributed by atoms with Crippen LogP contribution in [0.1, 0.15) is 12.5 Å². The summed E-state index contributed by atoms with van der Waals surface area (Å²) in [5, 5.41) is 10.5. The molecule has 0 bridgehead atoms. The fourth-order valence-electron chi connectivity index (χ4n) is 4.11. The van der Waals surface area contributed by atoms with E-state index in [1.165, 1.54) is 43.3 Å². The highest BCUT2D eigenvalue weighted by Gasteiger charge is 2.15. The zero-order valence-corrected chi connectivity index (χ0v) is 13.1. The van der Waals surface area contributed by atoms with Gasteiger partial charge < -0.3 is 5.73 Å². The minimum Gasteiger partial charge on any atom is -0.398 e. The molecule has 0 saturated heterocycles. The van der Waals surface area contributed by atoms with E-state index < -0.39 is 0 Å². The number of aryl methyl sites for hydroxylation is 1. The van der Waals surface area contributed by atoms with E-state index in [9.17, 15) is 0 Å². The van der Waals surface area contributed by atoms with Crippen LogP contribution in [0.3, 0.4) is 0 Å². The van der Waals surface area contributed by atoms with Gasteiger partial charge in [-0.25, -0.2) is 0 Å². The van der Waals surface area contributed by atoms with Crippen molar-refractivity contribution in [3.05, 3.63) is 66.2 Å². The van der Waals surface area contributed by atoms with E-state index in [-0.39, 0.29) is 0 Å². The molecule has 0 aliphatic heterocycles. The number of nitrogen functional groups attached to an aromatic ring is 1. The first-order valence-corrected chi connectivity index (χ1v) is 8.16. The molecule has 5 aromatic carbocycles. The van der Waals surface area contributed by atoms with Crippen LogP contribution < -0.4 is 5.73 Å². The van der Waals surface area contributed by atoms with Crippen LogP contribution in [0.25, 0.3) is 43.1 Å². The third-order valence-corrected chi connectivity index (χ3v) is 5.15. The molecule has 1 heteroatoms. The summed E-state index contributed by atoms with van der Waals surface area (Å²) in [4.78, 5) is 0. The average Bonchev–Trinajstić information content (AvgIpc) is 2.60. The summed E-state index contributed by atoms with van der Waals surface area (Å²) >= 11 is 0. The third-order valence-electron chi connectivity index (χ3n) is 5.15. The quantitative estimate of drug-likeness (QED) is 0.233. The largest absolute Gasteiger partial charge is 0.398 e. The van der Waals surface area contributed by atoms with Crippen molar-refractivity contribution < 1.29 is 0 Å². The molecule has 0 saturated carbocycles. The first kappa shape index (κ1) is 12.7. The normalized spacial score (nSPS) is 12.0. The Labute approximate surface area is 134 Å². The standard InChI is InChI=1S/C22H17N/c1-2-13-9-10-14-5-3-6-15-16-11-12-19(23)17-7-4-8-18(22(16)17)20(13)21(14)15/h3-12H,2,23H2,1H3. The molecule has 0 radical (unpaired) electrons. The SMILES string of the molecule is CCc1ccc2cccc3c4ccc(N)c5cccc(c1c23)c54. The first-order valence-electron chi connectivity index (χ1n) is 8.16. The lowest BCUT2D eigenvalue weighted by molar-refractivity contribution is 1.16. The van der Waals surface area contributed by atoms with Crippen LogP contribution in [0.15, 0.2) is 60.7 Å². The van der Waals surface area contributed by atoms with Gasteiger partial charge in [-0.05, 0) is 55.8 Å². The van der Waals surface area contributed by atoms with Gasteiger partial charge in [0, 0.05) is 11.1 Å². The summed E-state index contributed by atoms with van der Waals surface area (Å²) in [7, 11) is 0. The molecule has 0 unspecified atom stereocenters. The third kappa shape index (κ3) is 1.52. The molecule has 0 aliphatic carbocycles. The number of hydrogen-bond acceptors (Lipinski definition) is 1. The Bertz CT molecular complexity index is 1200. The van der Waals surface area contributed by atoms with E-state index in [1.54, 1.807) is 0 Å². The van der Waals surface area contributed by atoms with E-state index in [0.29, 0.717) is 0 Å². The molecule has 23 heavy (non-hydrogen) atoms. The zero-order chi connectivity index (χ0) is 15.6. The Kier molecular flexibility index (Phi) is 2.41. The lowest BCUT2D eigenvalue weighted by atomic mass is 9.87. The predicted molar refractivity (Wildman–Crippen MR) is 101 cm³/mol. The fraction of sp³-hybridized carbons (Fsp3) is 0.0909. The zero-order valence-electron chi connectivity index (χ0n) is 13.1. The van der Waals surface area contributed by atoms with Gasteiger partial charge in [0.25, 0.3) is 0 Å². The maximum atomic E-state index is 6.26. The van der Waals surface area contributed by atoms with Gasteiger partial charge in [0.15, 0.2) is 0 Å². The molecule has 0 aromatic heterocycles. The molecule has 0 atom stereocenters. The van der Waals surface area contributed by atoms with Crippen LogP contribution in [-0.2, 0) is 6.42 Å². The Morgan fingerprint density at radius 1 is 0.652 bits per heavy atom. The number of anilines is 1. The monoisotopic (exact) mass is 295 g/mol. The van der Waals surface area contributed by atoms with Crippen molar-refractivity contribution in [2.75, 3.05) is 5.73 Å². The predicted octanol–water partition coefficient (Wildman–Crippen LogP) is 5.88. The fourth-order valence-corrected chi connectivity index (χ4v) is 4.11. The van der Waals surface area contributed by atoms with E-state index in [4.69, 9.17) is 5.73 Å². The maximum absolute atomic E-state index is 6.26. The highest BCUT2D eigenvalue weighted by Crippen LogP contribution is 2.42. The van der Waals surface area contributed by atoms with Gasteiger partial charge in [0.1, 0.15) is 0 Å². The lowest BCUT2D eigenvalue weighted by Crippen LogP contribution is -1.93. The maximum Gasteiger partial charge on any atom is 0.0394 e. The first-order chi connectivity index (χ1) is 11.3. The highest BCUT2D eigenvalue weighted by molar-refractivity contribution is 6.34. The Hall–Kier alpha value is -2.80. The summed E-state index contributed by atoms with van der Waals surface area (Å²) < 4.78 is 0. The molecular formula is C22H17N. The molecule has 5 rings (SSSR count). The van der Waals surface area contributed by atoms with Crippen LogP contribution >= 0.6 is 0 Å². The van der Waals surface area contributed by atoms with Gasteiger partial charge in [0.2, 0.25) is 0 Å². The number of rotatable bonds is 1. The van der Waals surface area contributed by atoms with Crippen LogP contribution in [0.4, 0.5) is 5.69 Å². The van der Waals surface area contributed by atoms with Gasteiger partial charge in [-0.2, -0.15) is 0 Å². The minimum absolute atomic E-state index is 0.857. The number of hydrogen-bond donors (Lipinski definition) is 1. The second-order valence-electron chi connectivity index (χ2n) is 6.29. The van der Waals surface area contributed by atoms with Crippen molar-refractivity contribution in [2.24, 2.45) is 0 Å². The van der Waals surface area contributed by atoms with Gasteiger partial charge in [-0.15, -0.1) is 0 Å². The van der Waals surface area contributed by atoms with Crippen LogP contribution in [0, 0.1) is 0 Å². The molecule has 0 aliphatic rings. The summed E-state index contributed by atoms with van der Waals surface area (Å²) in [6.07, 6.45) is 1.04. The van der Waals surface area contributed by atoms with E-state index in [2.05, 4.69) is 61.5 Å². The molecule has 0 fully saturated rings. The van der Waals surface area contributed by atoms with E-state index >= 15 is 0 Å². The molecular weight excluding hydrogens is 278 g/mol. The minimum atomic E-state index is 0.857. The van der Waals surface area contributed by atoms with Crippen molar-refractivity contribution in [3.63, 3.8) is 0 Å². The van der Waals surface area contributed by atoms with Crippen molar-refractivity contribution in [3.8, 4) is 0 Å².